The molecule has 0 unspecified atom stereocenters. The van der Waals surface area contributed by atoms with E-state index in [0.29, 0.717) is 18.2 Å². The highest BCUT2D eigenvalue weighted by atomic mass is 79.9. The zero-order valence-electron chi connectivity index (χ0n) is 24.9. The first-order valence-corrected chi connectivity index (χ1v) is 17.9. The molecule has 0 aliphatic heterocycles. The number of benzene rings is 2. The highest BCUT2D eigenvalue weighted by molar-refractivity contribution is 9.10. The van der Waals surface area contributed by atoms with Crippen LogP contribution in [0.4, 0.5) is 0 Å². The van der Waals surface area contributed by atoms with Gasteiger partial charge in [-0.15, -0.1) is 0 Å². The maximum absolute atomic E-state index is 6.72. The van der Waals surface area contributed by atoms with E-state index in [4.69, 9.17) is 9.16 Å². The van der Waals surface area contributed by atoms with Gasteiger partial charge in [-0.2, -0.15) is 0 Å². The Kier molecular flexibility index (Phi) is 8.71. The lowest BCUT2D eigenvalue weighted by atomic mass is 9.68. The van der Waals surface area contributed by atoms with Crippen LogP contribution in [0.25, 0.3) is 27.4 Å². The second-order valence-corrected chi connectivity index (χ2v) is 18.0. The second-order valence-electron chi connectivity index (χ2n) is 12.6. The molecule has 0 saturated heterocycles. The Morgan fingerprint density at radius 2 is 1.84 bits per heavy atom. The lowest BCUT2D eigenvalue weighted by molar-refractivity contribution is 0.138. The van der Waals surface area contributed by atoms with Crippen LogP contribution in [0.5, 0.6) is 0 Å². The SMILES string of the molecule is COCn1c2ccccc2c2cc(Br)c(C(CC[C@]3(C)C=C(O[Si](C)(C)C(C)C)CC[C@H]3C)=C(C)C)cc21. The Bertz CT molecular complexity index is 1380. The van der Waals surface area contributed by atoms with Crippen molar-refractivity contribution in [1.82, 2.24) is 4.57 Å². The number of hydrogen-bond donors (Lipinski definition) is 0. The zero-order valence-corrected chi connectivity index (χ0v) is 27.5. The van der Waals surface area contributed by atoms with Gasteiger partial charge in [-0.3, -0.25) is 0 Å². The molecule has 1 aliphatic carbocycles. The van der Waals surface area contributed by atoms with Gasteiger partial charge in [0.25, 0.3) is 0 Å². The van der Waals surface area contributed by atoms with Crippen molar-refractivity contribution in [2.24, 2.45) is 11.3 Å². The first kappa shape index (κ1) is 29.2. The number of fused-ring (bicyclic) bond motifs is 3. The van der Waals surface area contributed by atoms with Crippen molar-refractivity contribution in [3.05, 3.63) is 63.8 Å². The Morgan fingerprint density at radius 1 is 1.13 bits per heavy atom. The molecule has 206 valence electrons. The standard InChI is InChI=1S/C33H46BrNO2Si/c1-22(2)26(16-17-33(6)20-25(15-14-24(33)5)37-38(8,9)23(3)4)28-19-32-29(18-30(28)34)27-12-10-11-13-31(27)35(32)21-36-7/h10-13,18-20,23-24H,14-17,21H2,1-9H3/t24-,33-/m1/s1. The number of allylic oxidation sites excluding steroid dienone is 4. The summed E-state index contributed by atoms with van der Waals surface area (Å²) >= 11 is 3.97. The number of para-hydroxylation sites is 1. The molecule has 2 atom stereocenters. The van der Waals surface area contributed by atoms with Crippen LogP contribution in [0, 0.1) is 11.3 Å². The second kappa shape index (κ2) is 11.3. The lowest BCUT2D eigenvalue weighted by Gasteiger charge is -2.40. The van der Waals surface area contributed by atoms with Gasteiger partial charge in [-0.25, -0.2) is 0 Å². The molecule has 0 amide bonds. The number of halogens is 1. The third-order valence-corrected chi connectivity index (χ3v) is 13.4. The number of methoxy groups -OCH3 is 1. The normalized spacial score (nSPS) is 20.3. The van der Waals surface area contributed by atoms with Crippen molar-refractivity contribution < 1.29 is 9.16 Å². The third kappa shape index (κ3) is 5.71. The molecule has 0 spiro atoms. The first-order chi connectivity index (χ1) is 17.9. The van der Waals surface area contributed by atoms with Crippen molar-refractivity contribution in [3.8, 4) is 0 Å². The van der Waals surface area contributed by atoms with Crippen LogP contribution in [0.1, 0.15) is 72.8 Å². The van der Waals surface area contributed by atoms with Crippen molar-refractivity contribution in [1.29, 1.82) is 0 Å². The zero-order chi connectivity index (χ0) is 27.8. The summed E-state index contributed by atoms with van der Waals surface area (Å²) < 4.78 is 15.8. The minimum absolute atomic E-state index is 0.122. The van der Waals surface area contributed by atoms with Gasteiger partial charge in [0.05, 0.1) is 16.8 Å². The van der Waals surface area contributed by atoms with E-state index < -0.39 is 8.32 Å². The summed E-state index contributed by atoms with van der Waals surface area (Å²) in [6, 6.07) is 13.3. The van der Waals surface area contributed by atoms with Crippen LogP contribution in [0.2, 0.25) is 18.6 Å². The van der Waals surface area contributed by atoms with E-state index in [2.05, 4.69) is 118 Å². The van der Waals surface area contributed by atoms with Gasteiger partial charge in [0, 0.05) is 28.8 Å². The monoisotopic (exact) mass is 595 g/mol. The molecule has 1 aromatic heterocycles. The number of nitrogens with zero attached hydrogens (tertiary/aromatic N) is 1. The van der Waals surface area contributed by atoms with Crippen molar-refractivity contribution in [2.45, 2.75) is 92.6 Å². The number of hydrogen-bond acceptors (Lipinski definition) is 2. The van der Waals surface area contributed by atoms with Crippen molar-refractivity contribution in [2.75, 3.05) is 7.11 Å². The van der Waals surface area contributed by atoms with Gasteiger partial charge in [0.15, 0.2) is 0 Å². The fraction of sp³-hybridized carbons (Fsp3) is 0.515. The minimum Gasteiger partial charge on any atom is -0.547 e. The lowest BCUT2D eigenvalue weighted by Crippen LogP contribution is -2.36. The molecule has 0 radical (unpaired) electrons. The van der Waals surface area contributed by atoms with E-state index in [1.54, 1.807) is 7.11 Å². The van der Waals surface area contributed by atoms with Gasteiger partial charge in [-0.05, 0) is 98.5 Å². The molecule has 1 heterocycles. The fourth-order valence-electron chi connectivity index (χ4n) is 5.74. The molecule has 0 N–H and O–H groups in total. The molecule has 3 aromatic rings. The molecule has 0 bridgehead atoms. The molecule has 5 heteroatoms. The third-order valence-electron chi connectivity index (χ3n) is 9.19. The number of rotatable bonds is 9. The van der Waals surface area contributed by atoms with Crippen molar-refractivity contribution in [3.63, 3.8) is 0 Å². The van der Waals surface area contributed by atoms with Gasteiger partial charge in [-0.1, -0.05) is 67.4 Å². The Balaban J connectivity index is 1.69. The molecular formula is C33H46BrNO2Si. The Morgan fingerprint density at radius 3 is 2.50 bits per heavy atom. The molecule has 1 aliphatic rings. The molecule has 3 nitrogen and oxygen atoms in total. The van der Waals surface area contributed by atoms with E-state index in [1.807, 2.05) is 0 Å². The van der Waals surface area contributed by atoms with Gasteiger partial charge >= 0.3 is 0 Å². The summed E-state index contributed by atoms with van der Waals surface area (Å²) in [4.78, 5) is 0. The van der Waals surface area contributed by atoms with Crippen molar-refractivity contribution >= 4 is 51.6 Å². The molecule has 0 saturated carbocycles. The summed E-state index contributed by atoms with van der Waals surface area (Å²) in [6.07, 6.45) is 6.91. The summed E-state index contributed by atoms with van der Waals surface area (Å²) in [5, 5.41) is 2.52. The van der Waals surface area contributed by atoms with Crippen LogP contribution < -0.4 is 0 Å². The molecule has 4 rings (SSSR count). The molecule has 38 heavy (non-hydrogen) atoms. The maximum atomic E-state index is 6.72. The largest absolute Gasteiger partial charge is 0.547 e. The van der Waals surface area contributed by atoms with Crippen LogP contribution in [-0.4, -0.2) is 20.0 Å². The average Bonchev–Trinajstić information content (AvgIpc) is 3.14. The first-order valence-electron chi connectivity index (χ1n) is 14.1. The summed E-state index contributed by atoms with van der Waals surface area (Å²) in [5.74, 6) is 1.87. The Hall–Kier alpha value is -1.82. The molecule has 2 aromatic carbocycles. The maximum Gasteiger partial charge on any atom is 0.247 e. The van der Waals surface area contributed by atoms with Gasteiger partial charge < -0.3 is 13.7 Å². The quantitative estimate of drug-likeness (QED) is 0.229. The number of ether oxygens (including phenoxy) is 1. The van der Waals surface area contributed by atoms with Gasteiger partial charge in [0.2, 0.25) is 8.32 Å². The number of aromatic nitrogens is 1. The van der Waals surface area contributed by atoms with E-state index in [0.717, 1.165) is 23.7 Å². The molecule has 0 fully saturated rings. The van der Waals surface area contributed by atoms with Crippen LogP contribution >= 0.6 is 15.9 Å². The fourth-order valence-corrected chi connectivity index (χ4v) is 7.40. The van der Waals surface area contributed by atoms with Crippen LogP contribution in [0.15, 0.2) is 58.3 Å². The topological polar surface area (TPSA) is 23.4 Å². The highest BCUT2D eigenvalue weighted by Gasteiger charge is 2.36. The molecular weight excluding hydrogens is 550 g/mol. The van der Waals surface area contributed by atoms with E-state index in [1.165, 1.54) is 50.7 Å². The van der Waals surface area contributed by atoms with Crippen LogP contribution in [0.3, 0.4) is 0 Å². The van der Waals surface area contributed by atoms with E-state index in [9.17, 15) is 0 Å². The summed E-state index contributed by atoms with van der Waals surface area (Å²) in [7, 11) is 0.0436. The average molecular weight is 597 g/mol. The minimum atomic E-state index is -1.72. The summed E-state index contributed by atoms with van der Waals surface area (Å²) in [6.45, 7) is 19.2. The van der Waals surface area contributed by atoms with Gasteiger partial charge in [0.1, 0.15) is 6.73 Å². The Labute approximate surface area is 239 Å². The van der Waals surface area contributed by atoms with E-state index in [-0.39, 0.29) is 5.41 Å². The predicted octanol–water partition coefficient (Wildman–Crippen LogP) is 10.7. The van der Waals surface area contributed by atoms with E-state index >= 15 is 0 Å². The smallest absolute Gasteiger partial charge is 0.247 e. The van der Waals surface area contributed by atoms with Crippen LogP contribution in [-0.2, 0) is 15.9 Å². The summed E-state index contributed by atoms with van der Waals surface area (Å²) in [5.41, 5.74) is 7.25. The highest BCUT2D eigenvalue weighted by Crippen LogP contribution is 2.46. The predicted molar refractivity (Wildman–Crippen MR) is 170 cm³/mol.